The minimum atomic E-state index is -0.427. The van der Waals surface area contributed by atoms with Crippen molar-refractivity contribution in [2.24, 2.45) is 5.92 Å². The number of hydrogen-bond donors (Lipinski definition) is 1. The van der Waals surface area contributed by atoms with Crippen molar-refractivity contribution in [1.82, 2.24) is 0 Å². The molecule has 0 spiro atoms. The highest BCUT2D eigenvalue weighted by Crippen LogP contribution is 2.32. The lowest BCUT2D eigenvalue weighted by atomic mass is 9.86. The maximum Gasteiger partial charge on any atom is 0.0772 e. The van der Waals surface area contributed by atoms with Crippen LogP contribution in [-0.2, 0) is 0 Å². The summed E-state index contributed by atoms with van der Waals surface area (Å²) in [6.07, 6.45) is 4.81. The van der Waals surface area contributed by atoms with E-state index in [0.29, 0.717) is 6.04 Å². The molecule has 0 aromatic heterocycles. The van der Waals surface area contributed by atoms with Crippen LogP contribution in [-0.4, -0.2) is 18.2 Å². The normalized spacial score (nSPS) is 25.1. The van der Waals surface area contributed by atoms with Crippen molar-refractivity contribution in [2.45, 2.75) is 51.7 Å². The van der Waals surface area contributed by atoms with E-state index in [9.17, 15) is 5.11 Å². The predicted octanol–water partition coefficient (Wildman–Crippen LogP) is 4.52. The van der Waals surface area contributed by atoms with E-state index >= 15 is 0 Å². The summed E-state index contributed by atoms with van der Waals surface area (Å²) in [5.74, 6) is 0.883. The molecule has 2 rings (SSSR count). The Labute approximate surface area is 124 Å². The number of aliphatic hydroxyl groups is 1. The number of nitrogens with zero attached hydrogens (tertiary/aromatic N) is 1. The predicted molar refractivity (Wildman–Crippen MR) is 84.6 cm³/mol. The van der Waals surface area contributed by atoms with Gasteiger partial charge >= 0.3 is 0 Å². The first-order valence-electron chi connectivity index (χ1n) is 7.19. The van der Waals surface area contributed by atoms with E-state index in [1.165, 1.54) is 31.4 Å². The van der Waals surface area contributed by atoms with E-state index in [0.717, 1.165) is 16.0 Å². The maximum absolute atomic E-state index is 9.67. The lowest BCUT2D eigenvalue weighted by Crippen LogP contribution is -2.34. The van der Waals surface area contributed by atoms with Crippen LogP contribution in [0.25, 0.3) is 0 Å². The monoisotopic (exact) mass is 325 g/mol. The molecule has 0 aliphatic heterocycles. The summed E-state index contributed by atoms with van der Waals surface area (Å²) in [5, 5.41) is 9.67. The minimum absolute atomic E-state index is 0.427. The summed E-state index contributed by atoms with van der Waals surface area (Å²) in [6, 6.07) is 6.91. The first-order chi connectivity index (χ1) is 8.99. The molecule has 19 heavy (non-hydrogen) atoms. The molecule has 1 N–H and O–H groups in total. The number of benzene rings is 1. The Morgan fingerprint density at radius 2 is 1.89 bits per heavy atom. The van der Waals surface area contributed by atoms with E-state index in [2.05, 4.69) is 46.9 Å². The number of hydrogen-bond acceptors (Lipinski definition) is 2. The van der Waals surface area contributed by atoms with Gasteiger partial charge in [-0.1, -0.05) is 28.9 Å². The van der Waals surface area contributed by atoms with Gasteiger partial charge in [-0.25, -0.2) is 0 Å². The second kappa shape index (κ2) is 6.27. The lowest BCUT2D eigenvalue weighted by Gasteiger charge is -2.35. The van der Waals surface area contributed by atoms with Crippen LogP contribution in [0.1, 0.15) is 51.2 Å². The molecule has 1 fully saturated rings. The average molecular weight is 326 g/mol. The molecule has 0 radical (unpaired) electrons. The number of rotatable bonds is 3. The molecule has 2 nitrogen and oxygen atoms in total. The first kappa shape index (κ1) is 14.9. The number of anilines is 1. The van der Waals surface area contributed by atoms with E-state index < -0.39 is 6.10 Å². The third-order valence-electron chi connectivity index (χ3n) is 4.37. The third kappa shape index (κ3) is 3.51. The van der Waals surface area contributed by atoms with Crippen molar-refractivity contribution in [1.29, 1.82) is 0 Å². The molecule has 1 atom stereocenters. The minimum Gasteiger partial charge on any atom is -0.389 e. The highest BCUT2D eigenvalue weighted by molar-refractivity contribution is 9.10. The van der Waals surface area contributed by atoms with Gasteiger partial charge in [0, 0.05) is 23.2 Å². The summed E-state index contributed by atoms with van der Waals surface area (Å²) in [7, 11) is 2.18. The molecule has 106 valence electrons. The second-order valence-electron chi connectivity index (χ2n) is 5.91. The second-order valence-corrected chi connectivity index (χ2v) is 6.76. The van der Waals surface area contributed by atoms with Gasteiger partial charge in [0.05, 0.1) is 6.10 Å². The highest BCUT2D eigenvalue weighted by atomic mass is 79.9. The van der Waals surface area contributed by atoms with Gasteiger partial charge in [0.1, 0.15) is 0 Å². The number of halogens is 1. The van der Waals surface area contributed by atoms with Crippen LogP contribution in [0.5, 0.6) is 0 Å². The molecule has 0 bridgehead atoms. The van der Waals surface area contributed by atoms with E-state index in [1.807, 2.05) is 6.07 Å². The topological polar surface area (TPSA) is 23.5 Å². The van der Waals surface area contributed by atoms with Crippen LogP contribution in [0.3, 0.4) is 0 Å². The molecule has 0 unspecified atom stereocenters. The molecule has 1 saturated carbocycles. The van der Waals surface area contributed by atoms with Crippen LogP contribution in [0.4, 0.5) is 5.69 Å². The van der Waals surface area contributed by atoms with Gasteiger partial charge in [0.15, 0.2) is 0 Å². The SMILES string of the molecule is CC1CCC(N(C)c2ccc([C@H](C)O)c(Br)c2)CC1. The first-order valence-corrected chi connectivity index (χ1v) is 7.98. The third-order valence-corrected chi connectivity index (χ3v) is 5.06. The lowest BCUT2D eigenvalue weighted by molar-refractivity contribution is 0.198. The molecule has 0 heterocycles. The largest absolute Gasteiger partial charge is 0.389 e. The summed E-state index contributed by atoms with van der Waals surface area (Å²) in [5.41, 5.74) is 2.19. The fourth-order valence-corrected chi connectivity index (χ4v) is 3.61. The fourth-order valence-electron chi connectivity index (χ4n) is 2.91. The maximum atomic E-state index is 9.67. The zero-order valence-electron chi connectivity index (χ0n) is 12.1. The van der Waals surface area contributed by atoms with E-state index in [1.54, 1.807) is 6.92 Å². The van der Waals surface area contributed by atoms with Gasteiger partial charge in [0.25, 0.3) is 0 Å². The van der Waals surface area contributed by atoms with Crippen molar-refractivity contribution in [2.75, 3.05) is 11.9 Å². The Hall–Kier alpha value is -0.540. The summed E-state index contributed by atoms with van der Waals surface area (Å²) in [4.78, 5) is 2.39. The smallest absolute Gasteiger partial charge is 0.0772 e. The van der Waals surface area contributed by atoms with Crippen LogP contribution in [0.15, 0.2) is 22.7 Å². The van der Waals surface area contributed by atoms with Gasteiger partial charge < -0.3 is 10.0 Å². The summed E-state index contributed by atoms with van der Waals surface area (Å²) >= 11 is 3.56. The van der Waals surface area contributed by atoms with Crippen molar-refractivity contribution in [3.63, 3.8) is 0 Å². The molecule has 1 aliphatic rings. The molecule has 1 aliphatic carbocycles. The fraction of sp³-hybridized carbons (Fsp3) is 0.625. The molecule has 3 heteroatoms. The van der Waals surface area contributed by atoms with Gasteiger partial charge in [-0.2, -0.15) is 0 Å². The molecular weight excluding hydrogens is 302 g/mol. The summed E-state index contributed by atoms with van der Waals surface area (Å²) < 4.78 is 0.996. The van der Waals surface area contributed by atoms with Crippen molar-refractivity contribution in [3.05, 3.63) is 28.2 Å². The zero-order chi connectivity index (χ0) is 14.0. The Bertz CT molecular complexity index is 425. The summed E-state index contributed by atoms with van der Waals surface area (Å²) in [6.45, 7) is 4.15. The van der Waals surface area contributed by atoms with Gasteiger partial charge in [-0.15, -0.1) is 0 Å². The quantitative estimate of drug-likeness (QED) is 0.883. The Morgan fingerprint density at radius 1 is 1.26 bits per heavy atom. The molecule has 1 aromatic rings. The van der Waals surface area contributed by atoms with Gasteiger partial charge in [0.2, 0.25) is 0 Å². The van der Waals surface area contributed by atoms with Crippen LogP contribution in [0, 0.1) is 5.92 Å². The standard InChI is InChI=1S/C16H24BrNO/c1-11-4-6-13(7-5-11)18(3)14-8-9-15(12(2)19)16(17)10-14/h8-13,19H,4-7H2,1-3H3/t11?,12-,13?/m0/s1. The van der Waals surface area contributed by atoms with Crippen LogP contribution < -0.4 is 4.90 Å². The Kier molecular flexibility index (Phi) is 4.91. The van der Waals surface area contributed by atoms with E-state index in [-0.39, 0.29) is 0 Å². The molecular formula is C16H24BrNO. The number of aliphatic hydroxyl groups excluding tert-OH is 1. The van der Waals surface area contributed by atoms with Crippen molar-refractivity contribution >= 4 is 21.6 Å². The van der Waals surface area contributed by atoms with Crippen molar-refractivity contribution < 1.29 is 5.11 Å². The van der Waals surface area contributed by atoms with Crippen LogP contribution in [0.2, 0.25) is 0 Å². The molecule has 0 saturated heterocycles. The van der Waals surface area contributed by atoms with Crippen LogP contribution >= 0.6 is 15.9 Å². The van der Waals surface area contributed by atoms with Gasteiger partial charge in [-0.05, 0) is 56.2 Å². The zero-order valence-corrected chi connectivity index (χ0v) is 13.7. The van der Waals surface area contributed by atoms with E-state index in [4.69, 9.17) is 0 Å². The van der Waals surface area contributed by atoms with Gasteiger partial charge in [-0.3, -0.25) is 0 Å². The molecule has 0 amide bonds. The Balaban J connectivity index is 2.11. The highest BCUT2D eigenvalue weighted by Gasteiger charge is 2.22. The average Bonchev–Trinajstić information content (AvgIpc) is 2.38. The Morgan fingerprint density at radius 3 is 2.42 bits per heavy atom. The van der Waals surface area contributed by atoms with Crippen molar-refractivity contribution in [3.8, 4) is 0 Å². The molecule has 1 aromatic carbocycles.